The summed E-state index contributed by atoms with van der Waals surface area (Å²) in [6, 6.07) is 12.2. The van der Waals surface area contributed by atoms with E-state index in [4.69, 9.17) is 0 Å². The largest absolute Gasteiger partial charge is 0.372 e. The summed E-state index contributed by atoms with van der Waals surface area (Å²) in [6.07, 6.45) is 4.99. The Morgan fingerprint density at radius 1 is 1.10 bits per heavy atom. The maximum Gasteiger partial charge on any atom is 0.142 e. The minimum absolute atomic E-state index is 0.283. The quantitative estimate of drug-likeness (QED) is 0.701. The smallest absolute Gasteiger partial charge is 0.142 e. The van der Waals surface area contributed by atoms with Gasteiger partial charge in [-0.3, -0.25) is 9.88 Å². The lowest BCUT2D eigenvalue weighted by Gasteiger charge is -2.38. The molecule has 7 nitrogen and oxygen atoms in total. The van der Waals surface area contributed by atoms with Gasteiger partial charge in [-0.05, 0) is 23.8 Å². The van der Waals surface area contributed by atoms with Crippen LogP contribution >= 0.6 is 0 Å². The zero-order valence-electron chi connectivity index (χ0n) is 16.7. The van der Waals surface area contributed by atoms with Crippen LogP contribution in [0.15, 0.2) is 55.1 Å². The molecule has 0 saturated carbocycles. The molecule has 2 aromatic heterocycles. The molecule has 1 fully saturated rings. The highest BCUT2D eigenvalue weighted by Gasteiger charge is 2.27. The minimum Gasteiger partial charge on any atom is -0.372 e. The summed E-state index contributed by atoms with van der Waals surface area (Å²) in [6.45, 7) is 2.86. The zero-order valence-corrected chi connectivity index (χ0v) is 16.7. The van der Waals surface area contributed by atoms with Crippen LogP contribution in [-0.2, 0) is 0 Å². The van der Waals surface area contributed by atoms with Crippen LogP contribution in [0.4, 0.5) is 16.0 Å². The predicted octanol–water partition coefficient (Wildman–Crippen LogP) is 3.11. The number of rotatable bonds is 5. The van der Waals surface area contributed by atoms with Gasteiger partial charge in [-0.15, -0.1) is 0 Å². The van der Waals surface area contributed by atoms with Gasteiger partial charge in [0.2, 0.25) is 0 Å². The Balaban J connectivity index is 1.58. The van der Waals surface area contributed by atoms with Crippen molar-refractivity contribution in [1.82, 2.24) is 19.9 Å². The molecular weight excluding hydrogens is 381 g/mol. The summed E-state index contributed by atoms with van der Waals surface area (Å²) in [5.74, 6) is 1.21. The highest BCUT2D eigenvalue weighted by molar-refractivity contribution is 5.85. The molecule has 152 valence electrons. The van der Waals surface area contributed by atoms with Gasteiger partial charge in [-0.1, -0.05) is 18.2 Å². The van der Waals surface area contributed by atoms with Crippen molar-refractivity contribution in [2.24, 2.45) is 0 Å². The molecule has 3 heterocycles. The second kappa shape index (κ2) is 8.84. The first-order chi connectivity index (χ1) is 14.7. The maximum absolute atomic E-state index is 13.4. The molecular formula is C22H22FN7. The van der Waals surface area contributed by atoms with Gasteiger partial charge < -0.3 is 10.2 Å². The van der Waals surface area contributed by atoms with Gasteiger partial charge >= 0.3 is 0 Å². The van der Waals surface area contributed by atoms with Crippen molar-refractivity contribution in [3.63, 3.8) is 0 Å². The molecule has 1 saturated heterocycles. The molecule has 0 bridgehead atoms. The van der Waals surface area contributed by atoms with Crippen molar-refractivity contribution in [1.29, 1.82) is 5.26 Å². The molecule has 0 amide bonds. The number of anilines is 2. The fourth-order valence-corrected chi connectivity index (χ4v) is 3.78. The summed E-state index contributed by atoms with van der Waals surface area (Å²) < 4.78 is 13.4. The molecule has 1 N–H and O–H groups in total. The van der Waals surface area contributed by atoms with Crippen LogP contribution < -0.4 is 10.2 Å². The number of halogens is 1. The van der Waals surface area contributed by atoms with Crippen molar-refractivity contribution in [3.8, 4) is 17.2 Å². The average Bonchev–Trinajstić information content (AvgIpc) is 2.81. The van der Waals surface area contributed by atoms with Crippen LogP contribution in [0, 0.1) is 17.1 Å². The number of piperazine rings is 1. The molecule has 0 aliphatic carbocycles. The summed E-state index contributed by atoms with van der Waals surface area (Å²) >= 11 is 0. The van der Waals surface area contributed by atoms with E-state index < -0.39 is 0 Å². The molecule has 0 radical (unpaired) electrons. The summed E-state index contributed by atoms with van der Waals surface area (Å²) in [5.41, 5.74) is 2.60. The number of aromatic nitrogens is 3. The number of nitriles is 1. The van der Waals surface area contributed by atoms with Crippen LogP contribution in [0.1, 0.15) is 11.6 Å². The van der Waals surface area contributed by atoms with E-state index in [1.165, 1.54) is 18.5 Å². The second-order valence-corrected chi connectivity index (χ2v) is 7.02. The number of nitrogens with zero attached hydrogens (tertiary/aromatic N) is 6. The first-order valence-electron chi connectivity index (χ1n) is 9.78. The van der Waals surface area contributed by atoms with Gasteiger partial charge in [0.05, 0.1) is 11.6 Å². The zero-order chi connectivity index (χ0) is 20.9. The lowest BCUT2D eigenvalue weighted by atomic mass is 10.0. The lowest BCUT2D eigenvalue weighted by Crippen LogP contribution is -2.48. The topological polar surface area (TPSA) is 81.0 Å². The second-order valence-electron chi connectivity index (χ2n) is 7.02. The third-order valence-electron chi connectivity index (χ3n) is 5.30. The van der Waals surface area contributed by atoms with E-state index >= 15 is 0 Å². The van der Waals surface area contributed by atoms with Crippen LogP contribution in [0.5, 0.6) is 0 Å². The van der Waals surface area contributed by atoms with Crippen molar-refractivity contribution in [2.75, 3.05) is 43.4 Å². The Labute approximate surface area is 174 Å². The molecule has 3 aromatic rings. The molecule has 4 rings (SSSR count). The van der Waals surface area contributed by atoms with Crippen molar-refractivity contribution in [3.05, 3.63) is 66.5 Å². The van der Waals surface area contributed by atoms with Gasteiger partial charge in [-0.25, -0.2) is 14.4 Å². The molecule has 1 aliphatic heterocycles. The van der Waals surface area contributed by atoms with E-state index in [-0.39, 0.29) is 11.9 Å². The van der Waals surface area contributed by atoms with E-state index in [0.29, 0.717) is 18.9 Å². The van der Waals surface area contributed by atoms with E-state index in [1.54, 1.807) is 24.5 Å². The maximum atomic E-state index is 13.4. The molecule has 1 atom stereocenters. The minimum atomic E-state index is -0.323. The SMILES string of the molecule is CNc1ncnc(N2CCN(C(C#N)c3cccnc3)CC2)c1-c1ccc(F)cc1. The van der Waals surface area contributed by atoms with E-state index in [9.17, 15) is 9.65 Å². The van der Waals surface area contributed by atoms with Gasteiger partial charge in [0.1, 0.15) is 29.8 Å². The molecule has 1 aliphatic rings. The van der Waals surface area contributed by atoms with E-state index in [0.717, 1.165) is 35.6 Å². The first-order valence-corrected chi connectivity index (χ1v) is 9.78. The van der Waals surface area contributed by atoms with Gasteiger partial charge in [-0.2, -0.15) is 5.26 Å². The number of pyridine rings is 1. The number of hydrogen-bond donors (Lipinski definition) is 1. The van der Waals surface area contributed by atoms with Gasteiger partial charge in [0.15, 0.2) is 0 Å². The van der Waals surface area contributed by atoms with Crippen molar-refractivity contribution in [2.45, 2.75) is 6.04 Å². The highest BCUT2D eigenvalue weighted by Crippen LogP contribution is 2.35. The Hall–Kier alpha value is -3.57. The molecule has 8 heteroatoms. The van der Waals surface area contributed by atoms with Crippen molar-refractivity contribution >= 4 is 11.6 Å². The standard InChI is InChI=1S/C22H22FN7/c1-25-21-20(16-4-6-18(23)7-5-16)22(28-15-27-21)30-11-9-29(10-12-30)19(13-24)17-3-2-8-26-14-17/h2-8,14-15,19H,9-12H2,1H3,(H,25,27,28). The Kier molecular flexibility index (Phi) is 5.82. The number of hydrogen-bond acceptors (Lipinski definition) is 7. The molecule has 1 unspecified atom stereocenters. The monoisotopic (exact) mass is 403 g/mol. The fraction of sp³-hybridized carbons (Fsp3) is 0.273. The van der Waals surface area contributed by atoms with E-state index in [2.05, 4.69) is 36.1 Å². The molecule has 0 spiro atoms. The Bertz CT molecular complexity index is 1030. The van der Waals surface area contributed by atoms with Gasteiger partial charge in [0.25, 0.3) is 0 Å². The lowest BCUT2D eigenvalue weighted by molar-refractivity contribution is 0.221. The van der Waals surface area contributed by atoms with Crippen LogP contribution in [0.2, 0.25) is 0 Å². The van der Waals surface area contributed by atoms with Crippen LogP contribution in [0.3, 0.4) is 0 Å². The van der Waals surface area contributed by atoms with Crippen molar-refractivity contribution < 1.29 is 4.39 Å². The Morgan fingerprint density at radius 3 is 2.50 bits per heavy atom. The van der Waals surface area contributed by atoms with E-state index in [1.807, 2.05) is 19.2 Å². The fourth-order valence-electron chi connectivity index (χ4n) is 3.78. The number of nitrogens with one attached hydrogen (secondary N) is 1. The molecule has 1 aromatic carbocycles. The number of benzene rings is 1. The summed E-state index contributed by atoms with van der Waals surface area (Å²) in [4.78, 5) is 17.4. The highest BCUT2D eigenvalue weighted by atomic mass is 19.1. The third-order valence-corrected chi connectivity index (χ3v) is 5.30. The molecule has 30 heavy (non-hydrogen) atoms. The van der Waals surface area contributed by atoms with Crippen LogP contribution in [-0.4, -0.2) is 53.1 Å². The summed E-state index contributed by atoms with van der Waals surface area (Å²) in [5, 5.41) is 12.8. The predicted molar refractivity (Wildman–Crippen MR) is 113 cm³/mol. The van der Waals surface area contributed by atoms with Crippen LogP contribution in [0.25, 0.3) is 11.1 Å². The normalized spacial score (nSPS) is 15.4. The third kappa shape index (κ3) is 3.93. The van der Waals surface area contributed by atoms with Gasteiger partial charge in [0, 0.05) is 51.2 Å². The Morgan fingerprint density at radius 2 is 1.87 bits per heavy atom. The average molecular weight is 403 g/mol. The first kappa shape index (κ1) is 19.7. The summed E-state index contributed by atoms with van der Waals surface area (Å²) in [7, 11) is 1.81.